The minimum Gasteiger partial charge on any atom is -0.325 e. The minimum absolute atomic E-state index is 0.230. The number of hydrogen-bond donors (Lipinski definition) is 1. The minimum atomic E-state index is -0.951. The van der Waals surface area contributed by atoms with Crippen molar-refractivity contribution >= 4 is 22.4 Å². The van der Waals surface area contributed by atoms with E-state index in [2.05, 4.69) is 10.3 Å². The van der Waals surface area contributed by atoms with E-state index >= 15 is 0 Å². The Morgan fingerprint density at radius 2 is 1.78 bits per heavy atom. The molecule has 0 aliphatic carbocycles. The maximum atomic E-state index is 13.8. The highest BCUT2D eigenvalue weighted by molar-refractivity contribution is 6.03. The smallest absolute Gasteiger partial charge is 0.231 e. The number of nitrogens with zero attached hydrogens (tertiary/aromatic N) is 1. The van der Waals surface area contributed by atoms with Gasteiger partial charge in [-0.1, -0.05) is 18.2 Å². The van der Waals surface area contributed by atoms with E-state index in [9.17, 15) is 13.6 Å². The fraction of sp³-hybridized carbons (Fsp3) is 0.111. The molecule has 0 aliphatic heterocycles. The van der Waals surface area contributed by atoms with E-state index in [-0.39, 0.29) is 5.56 Å². The van der Waals surface area contributed by atoms with Gasteiger partial charge in [0.25, 0.3) is 0 Å². The molecule has 0 saturated carbocycles. The van der Waals surface area contributed by atoms with Gasteiger partial charge in [-0.15, -0.1) is 0 Å². The Labute approximate surface area is 132 Å². The predicted octanol–water partition coefficient (Wildman–Crippen LogP) is 4.26. The average molecular weight is 312 g/mol. The summed E-state index contributed by atoms with van der Waals surface area (Å²) in [6.45, 7) is 1.48. The zero-order valence-corrected chi connectivity index (χ0v) is 12.4. The van der Waals surface area contributed by atoms with Crippen LogP contribution in [-0.2, 0) is 4.79 Å². The van der Waals surface area contributed by atoms with Crippen molar-refractivity contribution in [1.29, 1.82) is 0 Å². The lowest BCUT2D eigenvalue weighted by Gasteiger charge is -2.15. The molecule has 0 bridgehead atoms. The van der Waals surface area contributed by atoms with Gasteiger partial charge in [-0.3, -0.25) is 9.78 Å². The molecule has 0 radical (unpaired) electrons. The number of aromatic nitrogens is 1. The summed E-state index contributed by atoms with van der Waals surface area (Å²) < 4.78 is 27.6. The van der Waals surface area contributed by atoms with Crippen LogP contribution in [0.4, 0.5) is 14.5 Å². The van der Waals surface area contributed by atoms with Gasteiger partial charge in [0, 0.05) is 34.4 Å². The lowest BCUT2D eigenvalue weighted by atomic mass is 9.98. The Morgan fingerprint density at radius 1 is 1.09 bits per heavy atom. The van der Waals surface area contributed by atoms with Crippen LogP contribution in [0.3, 0.4) is 0 Å². The van der Waals surface area contributed by atoms with Crippen molar-refractivity contribution in [3.8, 4) is 0 Å². The lowest BCUT2D eigenvalue weighted by Crippen LogP contribution is -2.21. The van der Waals surface area contributed by atoms with Gasteiger partial charge in [0.15, 0.2) is 0 Å². The number of hydrogen-bond acceptors (Lipinski definition) is 2. The number of halogens is 2. The van der Waals surface area contributed by atoms with Crippen molar-refractivity contribution in [2.75, 3.05) is 5.32 Å². The van der Waals surface area contributed by atoms with Gasteiger partial charge in [0.1, 0.15) is 11.6 Å². The maximum absolute atomic E-state index is 13.8. The quantitative estimate of drug-likeness (QED) is 0.785. The van der Waals surface area contributed by atoms with E-state index in [1.54, 1.807) is 30.6 Å². The number of fused-ring (bicyclic) bond motifs is 1. The third kappa shape index (κ3) is 2.90. The number of carbonyl (C=O) groups is 1. The van der Waals surface area contributed by atoms with E-state index in [0.29, 0.717) is 5.69 Å². The third-order valence-electron chi connectivity index (χ3n) is 3.76. The zero-order chi connectivity index (χ0) is 16.4. The van der Waals surface area contributed by atoms with Crippen molar-refractivity contribution in [2.45, 2.75) is 12.8 Å². The molecule has 0 spiro atoms. The molecule has 1 aromatic heterocycles. The Hall–Kier alpha value is -2.82. The SMILES string of the molecule is C[C@@H](C(=O)Nc1cccc2cnccc12)c1c(F)cccc1F. The fourth-order valence-corrected chi connectivity index (χ4v) is 2.53. The molecule has 1 atom stereocenters. The summed E-state index contributed by atoms with van der Waals surface area (Å²) >= 11 is 0. The summed E-state index contributed by atoms with van der Waals surface area (Å²) in [6.07, 6.45) is 3.31. The number of pyridine rings is 1. The highest BCUT2D eigenvalue weighted by atomic mass is 19.1. The summed E-state index contributed by atoms with van der Waals surface area (Å²) in [4.78, 5) is 16.4. The van der Waals surface area contributed by atoms with Gasteiger partial charge < -0.3 is 5.32 Å². The van der Waals surface area contributed by atoms with Crippen LogP contribution in [0.5, 0.6) is 0 Å². The highest BCUT2D eigenvalue weighted by Gasteiger charge is 2.23. The van der Waals surface area contributed by atoms with Gasteiger partial charge in [-0.2, -0.15) is 0 Å². The monoisotopic (exact) mass is 312 g/mol. The number of anilines is 1. The zero-order valence-electron chi connectivity index (χ0n) is 12.4. The molecular formula is C18H14F2N2O. The molecule has 5 heteroatoms. The fourth-order valence-electron chi connectivity index (χ4n) is 2.53. The summed E-state index contributed by atoms with van der Waals surface area (Å²) in [5, 5.41) is 4.42. The Morgan fingerprint density at radius 3 is 2.52 bits per heavy atom. The molecule has 1 N–H and O–H groups in total. The van der Waals surface area contributed by atoms with Crippen LogP contribution in [0, 0.1) is 11.6 Å². The molecular weight excluding hydrogens is 298 g/mol. The predicted molar refractivity (Wildman–Crippen MR) is 85.1 cm³/mol. The molecule has 0 fully saturated rings. The largest absolute Gasteiger partial charge is 0.325 e. The van der Waals surface area contributed by atoms with Crippen LogP contribution in [0.2, 0.25) is 0 Å². The molecule has 0 unspecified atom stereocenters. The maximum Gasteiger partial charge on any atom is 0.231 e. The molecule has 2 aromatic carbocycles. The van der Waals surface area contributed by atoms with E-state index in [4.69, 9.17) is 0 Å². The second-order valence-corrected chi connectivity index (χ2v) is 5.25. The van der Waals surface area contributed by atoms with E-state index in [0.717, 1.165) is 22.9 Å². The van der Waals surface area contributed by atoms with E-state index < -0.39 is 23.5 Å². The molecule has 3 rings (SSSR count). The van der Waals surface area contributed by atoms with Crippen LogP contribution >= 0.6 is 0 Å². The van der Waals surface area contributed by atoms with Gasteiger partial charge >= 0.3 is 0 Å². The Bertz CT molecular complexity index is 854. The van der Waals surface area contributed by atoms with Crippen molar-refractivity contribution in [2.24, 2.45) is 0 Å². The van der Waals surface area contributed by atoms with Crippen molar-refractivity contribution in [3.05, 3.63) is 72.1 Å². The molecule has 1 heterocycles. The Kier molecular flexibility index (Phi) is 4.02. The van der Waals surface area contributed by atoms with Crippen molar-refractivity contribution in [3.63, 3.8) is 0 Å². The summed E-state index contributed by atoms with van der Waals surface area (Å²) in [6, 6.07) is 10.7. The molecule has 0 saturated heterocycles. The lowest BCUT2D eigenvalue weighted by molar-refractivity contribution is -0.117. The molecule has 23 heavy (non-hydrogen) atoms. The summed E-state index contributed by atoms with van der Waals surface area (Å²) in [5.41, 5.74) is 0.352. The topological polar surface area (TPSA) is 42.0 Å². The van der Waals surface area contributed by atoms with Gasteiger partial charge in [-0.05, 0) is 31.2 Å². The molecule has 0 aliphatic rings. The van der Waals surface area contributed by atoms with E-state index in [1.807, 2.05) is 6.07 Å². The second kappa shape index (κ2) is 6.12. The first-order valence-electron chi connectivity index (χ1n) is 7.15. The molecule has 116 valence electrons. The number of nitrogens with one attached hydrogen (secondary N) is 1. The number of rotatable bonds is 3. The van der Waals surface area contributed by atoms with Crippen LogP contribution < -0.4 is 5.32 Å². The first kappa shape index (κ1) is 15.1. The van der Waals surface area contributed by atoms with Crippen LogP contribution in [0.15, 0.2) is 54.9 Å². The molecule has 3 nitrogen and oxygen atoms in total. The van der Waals surface area contributed by atoms with Gasteiger partial charge in [0.05, 0.1) is 5.92 Å². The molecule has 3 aromatic rings. The number of benzene rings is 2. The van der Waals surface area contributed by atoms with Gasteiger partial charge in [0.2, 0.25) is 5.91 Å². The van der Waals surface area contributed by atoms with Crippen molar-refractivity contribution < 1.29 is 13.6 Å². The average Bonchev–Trinajstić information content (AvgIpc) is 2.55. The third-order valence-corrected chi connectivity index (χ3v) is 3.76. The second-order valence-electron chi connectivity index (χ2n) is 5.25. The van der Waals surface area contributed by atoms with Gasteiger partial charge in [-0.25, -0.2) is 8.78 Å². The number of amides is 1. The summed E-state index contributed by atoms with van der Waals surface area (Å²) in [5.74, 6) is -2.88. The first-order valence-corrected chi connectivity index (χ1v) is 7.15. The molecule has 1 amide bonds. The summed E-state index contributed by atoms with van der Waals surface area (Å²) in [7, 11) is 0. The van der Waals surface area contributed by atoms with Crippen LogP contribution in [0.1, 0.15) is 18.4 Å². The first-order chi connectivity index (χ1) is 11.1. The highest BCUT2D eigenvalue weighted by Crippen LogP contribution is 2.26. The Balaban J connectivity index is 1.92. The number of carbonyl (C=O) groups excluding carboxylic acids is 1. The standard InChI is InChI=1S/C18H14F2N2O/c1-11(17-14(19)5-3-6-15(17)20)18(23)22-16-7-2-4-12-10-21-9-8-13(12)16/h2-11H,1H3,(H,22,23)/t11-/m1/s1. The van der Waals surface area contributed by atoms with Crippen LogP contribution in [-0.4, -0.2) is 10.9 Å². The normalized spacial score (nSPS) is 12.1. The van der Waals surface area contributed by atoms with E-state index in [1.165, 1.54) is 13.0 Å². The van der Waals surface area contributed by atoms with Crippen LogP contribution in [0.25, 0.3) is 10.8 Å². The van der Waals surface area contributed by atoms with Crippen molar-refractivity contribution in [1.82, 2.24) is 4.98 Å².